The minimum Gasteiger partial charge on any atom is -0.507 e. The molecule has 0 saturated heterocycles. The second kappa shape index (κ2) is 3.72. The molecular formula is C12H12FNO2. The minimum absolute atomic E-state index is 0.137. The molecule has 0 atom stereocenters. The molecule has 1 saturated carbocycles. The first kappa shape index (κ1) is 10.8. The molecule has 1 aliphatic carbocycles. The van der Waals surface area contributed by atoms with Crippen molar-refractivity contribution < 1.29 is 14.3 Å². The summed E-state index contributed by atoms with van der Waals surface area (Å²) in [5, 5.41) is 9.71. The van der Waals surface area contributed by atoms with Gasteiger partial charge in [0.25, 0.3) is 0 Å². The Morgan fingerprint density at radius 3 is 2.69 bits per heavy atom. The Bertz CT molecular complexity index is 474. The number of aryl methyl sites for hydroxylation is 1. The van der Waals surface area contributed by atoms with Crippen LogP contribution in [0.4, 0.5) is 4.39 Å². The molecule has 0 bridgehead atoms. The number of hydrogen-bond donors (Lipinski definition) is 1. The molecule has 0 amide bonds. The first-order valence-corrected chi connectivity index (χ1v) is 5.18. The molecule has 0 aliphatic heterocycles. The topological polar surface area (TPSA) is 49.7 Å². The number of nitrogens with zero attached hydrogens (tertiary/aromatic N) is 1. The predicted molar refractivity (Wildman–Crippen MR) is 56.5 cm³/mol. The van der Waals surface area contributed by atoms with E-state index >= 15 is 0 Å². The van der Waals surface area contributed by atoms with Crippen LogP contribution in [0.1, 0.15) is 30.4 Å². The normalized spacial score (nSPS) is 17.4. The van der Waals surface area contributed by atoms with Crippen molar-refractivity contribution >= 4 is 6.08 Å². The number of isocyanates is 1. The SMILES string of the molecule is Cc1ccc(O)c(C2(N=C=O)CCC2)c1F. The largest absolute Gasteiger partial charge is 0.507 e. The number of phenols is 1. The second-order valence-corrected chi connectivity index (χ2v) is 4.18. The first-order chi connectivity index (χ1) is 7.60. The van der Waals surface area contributed by atoms with Crippen LogP contribution < -0.4 is 0 Å². The van der Waals surface area contributed by atoms with E-state index < -0.39 is 11.4 Å². The maximum absolute atomic E-state index is 14.0. The molecule has 0 aromatic heterocycles. The van der Waals surface area contributed by atoms with Gasteiger partial charge in [0.05, 0.1) is 5.56 Å². The Morgan fingerprint density at radius 1 is 1.50 bits per heavy atom. The van der Waals surface area contributed by atoms with E-state index in [1.54, 1.807) is 6.92 Å². The molecule has 1 fully saturated rings. The van der Waals surface area contributed by atoms with Gasteiger partial charge in [0.1, 0.15) is 17.1 Å². The van der Waals surface area contributed by atoms with Gasteiger partial charge in [0, 0.05) is 0 Å². The zero-order valence-electron chi connectivity index (χ0n) is 8.96. The maximum atomic E-state index is 14.0. The van der Waals surface area contributed by atoms with Crippen LogP contribution in [0.5, 0.6) is 5.75 Å². The quantitative estimate of drug-likeness (QED) is 0.616. The van der Waals surface area contributed by atoms with Crippen LogP contribution in [0.25, 0.3) is 0 Å². The fraction of sp³-hybridized carbons (Fsp3) is 0.417. The molecule has 1 N–H and O–H groups in total. The highest BCUT2D eigenvalue weighted by atomic mass is 19.1. The third kappa shape index (κ3) is 1.42. The highest BCUT2D eigenvalue weighted by Crippen LogP contribution is 2.49. The summed E-state index contributed by atoms with van der Waals surface area (Å²) in [4.78, 5) is 14.1. The Morgan fingerprint density at radius 2 is 2.19 bits per heavy atom. The van der Waals surface area contributed by atoms with Gasteiger partial charge in [-0.2, -0.15) is 4.99 Å². The van der Waals surface area contributed by atoms with Crippen molar-refractivity contribution in [1.29, 1.82) is 0 Å². The summed E-state index contributed by atoms with van der Waals surface area (Å²) in [6, 6.07) is 2.94. The molecule has 1 aliphatic rings. The molecule has 4 heteroatoms. The molecular weight excluding hydrogens is 209 g/mol. The molecule has 0 heterocycles. The average Bonchev–Trinajstić information content (AvgIpc) is 2.20. The third-order valence-electron chi connectivity index (χ3n) is 3.22. The first-order valence-electron chi connectivity index (χ1n) is 5.18. The number of rotatable bonds is 2. The molecule has 2 rings (SSSR count). The lowest BCUT2D eigenvalue weighted by Gasteiger charge is -2.37. The van der Waals surface area contributed by atoms with Crippen LogP contribution in [0.3, 0.4) is 0 Å². The molecule has 1 aromatic carbocycles. The van der Waals surface area contributed by atoms with Gasteiger partial charge < -0.3 is 5.11 Å². The third-order valence-corrected chi connectivity index (χ3v) is 3.22. The van der Waals surface area contributed by atoms with Crippen molar-refractivity contribution in [2.75, 3.05) is 0 Å². The number of carbonyl (C=O) groups excluding carboxylic acids is 1. The number of aliphatic imine (C=N–C) groups is 1. The van der Waals surface area contributed by atoms with E-state index in [1.807, 2.05) is 0 Å². The van der Waals surface area contributed by atoms with Gasteiger partial charge in [-0.1, -0.05) is 6.07 Å². The van der Waals surface area contributed by atoms with Crippen LogP contribution in [-0.4, -0.2) is 11.2 Å². The highest BCUT2D eigenvalue weighted by Gasteiger charge is 2.43. The molecule has 16 heavy (non-hydrogen) atoms. The van der Waals surface area contributed by atoms with E-state index in [0.29, 0.717) is 18.4 Å². The van der Waals surface area contributed by atoms with Gasteiger partial charge in [-0.15, -0.1) is 0 Å². The molecule has 0 spiro atoms. The van der Waals surface area contributed by atoms with Crippen molar-refractivity contribution in [3.8, 4) is 5.75 Å². The van der Waals surface area contributed by atoms with E-state index in [0.717, 1.165) is 6.42 Å². The van der Waals surface area contributed by atoms with E-state index in [9.17, 15) is 14.3 Å². The summed E-state index contributed by atoms with van der Waals surface area (Å²) in [5.41, 5.74) is -0.302. The van der Waals surface area contributed by atoms with Gasteiger partial charge in [-0.3, -0.25) is 0 Å². The zero-order valence-corrected chi connectivity index (χ0v) is 8.96. The highest BCUT2D eigenvalue weighted by molar-refractivity contribution is 5.47. The van der Waals surface area contributed by atoms with E-state index in [1.165, 1.54) is 18.2 Å². The van der Waals surface area contributed by atoms with Crippen LogP contribution in [0, 0.1) is 12.7 Å². The van der Waals surface area contributed by atoms with Crippen LogP contribution in [-0.2, 0) is 10.3 Å². The van der Waals surface area contributed by atoms with Crippen molar-refractivity contribution in [3.05, 3.63) is 29.1 Å². The van der Waals surface area contributed by atoms with Crippen molar-refractivity contribution in [2.45, 2.75) is 31.7 Å². The van der Waals surface area contributed by atoms with E-state index in [2.05, 4.69) is 4.99 Å². The Labute approximate surface area is 92.6 Å². The van der Waals surface area contributed by atoms with Gasteiger partial charge >= 0.3 is 0 Å². The second-order valence-electron chi connectivity index (χ2n) is 4.18. The summed E-state index contributed by atoms with van der Waals surface area (Å²) in [6.07, 6.45) is 3.51. The number of halogens is 1. The van der Waals surface area contributed by atoms with Gasteiger partial charge in [0.15, 0.2) is 0 Å². The van der Waals surface area contributed by atoms with E-state index in [4.69, 9.17) is 0 Å². The Kier molecular flexibility index (Phi) is 2.52. The molecule has 0 unspecified atom stereocenters. The summed E-state index contributed by atoms with van der Waals surface area (Å²) >= 11 is 0. The summed E-state index contributed by atoms with van der Waals surface area (Å²) in [5.74, 6) is -0.611. The predicted octanol–water partition coefficient (Wildman–Crippen LogP) is 2.55. The van der Waals surface area contributed by atoms with Crippen molar-refractivity contribution in [1.82, 2.24) is 0 Å². The Balaban J connectivity index is 2.62. The molecule has 0 radical (unpaired) electrons. The van der Waals surface area contributed by atoms with Gasteiger partial charge in [-0.05, 0) is 37.8 Å². The van der Waals surface area contributed by atoms with Crippen LogP contribution in [0.2, 0.25) is 0 Å². The number of aromatic hydroxyl groups is 1. The fourth-order valence-electron chi connectivity index (χ4n) is 2.13. The van der Waals surface area contributed by atoms with Crippen LogP contribution in [0.15, 0.2) is 17.1 Å². The molecule has 1 aromatic rings. The Hall–Kier alpha value is -1.67. The van der Waals surface area contributed by atoms with Crippen molar-refractivity contribution in [3.63, 3.8) is 0 Å². The molecule has 84 valence electrons. The fourth-order valence-corrected chi connectivity index (χ4v) is 2.13. The number of phenolic OH excluding ortho intramolecular Hbond substituents is 1. The van der Waals surface area contributed by atoms with Crippen LogP contribution >= 0.6 is 0 Å². The zero-order chi connectivity index (χ0) is 11.8. The van der Waals surface area contributed by atoms with Crippen molar-refractivity contribution in [2.24, 2.45) is 4.99 Å². The monoisotopic (exact) mass is 221 g/mol. The van der Waals surface area contributed by atoms with E-state index in [-0.39, 0.29) is 11.3 Å². The van der Waals surface area contributed by atoms with Gasteiger partial charge in [-0.25, -0.2) is 9.18 Å². The summed E-state index contributed by atoms with van der Waals surface area (Å²) < 4.78 is 14.0. The lowest BCUT2D eigenvalue weighted by atomic mass is 9.71. The van der Waals surface area contributed by atoms with Gasteiger partial charge in [0.2, 0.25) is 6.08 Å². The number of benzene rings is 1. The number of hydrogen-bond acceptors (Lipinski definition) is 3. The summed E-state index contributed by atoms with van der Waals surface area (Å²) in [6.45, 7) is 1.62. The smallest absolute Gasteiger partial charge is 0.235 e. The standard InChI is InChI=1S/C12H12FNO2/c1-8-3-4-9(16)10(11(8)13)12(14-7-15)5-2-6-12/h3-4,16H,2,5-6H2,1H3. The minimum atomic E-state index is -0.887. The maximum Gasteiger partial charge on any atom is 0.235 e. The molecule has 3 nitrogen and oxygen atoms in total. The average molecular weight is 221 g/mol. The summed E-state index contributed by atoms with van der Waals surface area (Å²) in [7, 11) is 0. The lowest BCUT2D eigenvalue weighted by Crippen LogP contribution is -2.33. The lowest BCUT2D eigenvalue weighted by molar-refractivity contribution is 0.238.